The summed E-state index contributed by atoms with van der Waals surface area (Å²) in [6.45, 7) is 14.0. The monoisotopic (exact) mass is 435 g/mol. The van der Waals surface area contributed by atoms with Gasteiger partial charge in [0.1, 0.15) is 0 Å². The molecular weight excluding hydrogens is 394 g/mol. The molecule has 0 aromatic rings. The first kappa shape index (κ1) is 28.8. The Bertz CT molecular complexity index is 682. The van der Waals surface area contributed by atoms with Crippen LogP contribution in [0.1, 0.15) is 79.6 Å². The number of rotatable bonds is 8. The van der Waals surface area contributed by atoms with Crippen molar-refractivity contribution in [3.63, 3.8) is 0 Å². The Hall–Kier alpha value is -2.18. The van der Waals surface area contributed by atoms with Gasteiger partial charge in [-0.15, -0.1) is 0 Å². The molecule has 2 rings (SSSR count). The fraction of sp³-hybridized carbons (Fsp3) is 0.600. The van der Waals surface area contributed by atoms with Crippen molar-refractivity contribution in [2.75, 3.05) is 6.54 Å². The van der Waals surface area contributed by atoms with E-state index in [0.29, 0.717) is 0 Å². The van der Waals surface area contributed by atoms with E-state index in [1.807, 2.05) is 0 Å². The molecule has 0 aromatic carbocycles. The third-order valence-corrected chi connectivity index (χ3v) is 4.33. The Labute approximate surface area is 187 Å². The van der Waals surface area contributed by atoms with Crippen molar-refractivity contribution < 1.29 is 24.9 Å². The average molecular weight is 436 g/mol. The first-order valence-electron chi connectivity index (χ1n) is 11.3. The van der Waals surface area contributed by atoms with E-state index in [0.717, 1.165) is 23.3 Å². The molecule has 1 heterocycles. The Balaban J connectivity index is 0.00000134. The minimum absolute atomic E-state index is 0.0603. The van der Waals surface area contributed by atoms with Crippen LogP contribution in [-0.4, -0.2) is 50.8 Å². The molecule has 2 amide bonds. The Kier molecular flexibility index (Phi) is 14.5. The Morgan fingerprint density at radius 3 is 2.10 bits per heavy atom. The molecule has 2 fully saturated rings. The van der Waals surface area contributed by atoms with Gasteiger partial charge in [-0.3, -0.25) is 14.5 Å². The topological polar surface area (TPSA) is 98.1 Å². The summed E-state index contributed by atoms with van der Waals surface area (Å²) in [4.78, 5) is 25.5. The van der Waals surface area contributed by atoms with Gasteiger partial charge < -0.3 is 15.3 Å². The fourth-order valence-electron chi connectivity index (χ4n) is 2.72. The summed E-state index contributed by atoms with van der Waals surface area (Å²) < 4.78 is 0. The summed E-state index contributed by atoms with van der Waals surface area (Å²) in [5.41, 5.74) is 1.37. The molecule has 0 aromatic heterocycles. The number of aliphatic hydroxyl groups is 3. The van der Waals surface area contributed by atoms with Crippen LogP contribution in [0, 0.1) is 0 Å². The molecule has 6 nitrogen and oxygen atoms in total. The molecule has 0 spiro atoms. The standard InChI is InChI=1S/C19H25NO5.2C3H8/c1-3-4-5-16-12(2)18(24)20(19(16)25)9-8-14(21)10-15(22)11-17(23)13-6-7-13;2*1-3-2/h3-5,14-15,21-23H,2,6-11H2,1H3;2*3H2,1-2H3/b4-3-,16-5+;;. The molecular formula is C25H41NO5. The molecule has 1 saturated heterocycles. The molecule has 0 radical (unpaired) electrons. The van der Waals surface area contributed by atoms with E-state index in [4.69, 9.17) is 0 Å². The number of aliphatic hydroxyl groups excluding tert-OH is 3. The summed E-state index contributed by atoms with van der Waals surface area (Å²) in [5, 5.41) is 29.6. The van der Waals surface area contributed by atoms with Gasteiger partial charge in [-0.25, -0.2) is 0 Å². The van der Waals surface area contributed by atoms with E-state index < -0.39 is 24.0 Å². The maximum absolute atomic E-state index is 12.3. The number of hydrogen-bond acceptors (Lipinski definition) is 5. The minimum atomic E-state index is -0.871. The molecule has 2 aliphatic rings. The lowest BCUT2D eigenvalue weighted by atomic mass is 10.0. The summed E-state index contributed by atoms with van der Waals surface area (Å²) in [7, 11) is 0. The quantitative estimate of drug-likeness (QED) is 0.290. The smallest absolute Gasteiger partial charge is 0.261 e. The predicted octanol–water partition coefficient (Wildman–Crippen LogP) is 4.74. The van der Waals surface area contributed by atoms with Crippen molar-refractivity contribution in [2.24, 2.45) is 0 Å². The lowest BCUT2D eigenvalue weighted by molar-refractivity contribution is -0.136. The lowest BCUT2D eigenvalue weighted by Gasteiger charge is -2.18. The highest BCUT2D eigenvalue weighted by Gasteiger charge is 2.37. The van der Waals surface area contributed by atoms with Gasteiger partial charge in [-0.2, -0.15) is 0 Å². The second-order valence-corrected chi connectivity index (χ2v) is 7.85. The third-order valence-electron chi connectivity index (χ3n) is 4.33. The average Bonchev–Trinajstić information content (AvgIpc) is 3.51. The lowest BCUT2D eigenvalue weighted by Crippen LogP contribution is -2.33. The molecule has 176 valence electrons. The number of allylic oxidation sites excluding steroid dienone is 4. The molecule has 2 atom stereocenters. The van der Waals surface area contributed by atoms with Crippen molar-refractivity contribution in [3.05, 3.63) is 47.3 Å². The minimum Gasteiger partial charge on any atom is -0.512 e. The number of amides is 2. The van der Waals surface area contributed by atoms with Gasteiger partial charge in [-0.05, 0) is 44.3 Å². The van der Waals surface area contributed by atoms with Gasteiger partial charge >= 0.3 is 0 Å². The van der Waals surface area contributed by atoms with Gasteiger partial charge in [-0.1, -0.05) is 59.3 Å². The van der Waals surface area contributed by atoms with Crippen molar-refractivity contribution >= 4 is 11.8 Å². The van der Waals surface area contributed by atoms with Crippen molar-refractivity contribution in [2.45, 2.75) is 91.8 Å². The van der Waals surface area contributed by atoms with E-state index in [1.54, 1.807) is 25.2 Å². The van der Waals surface area contributed by atoms with Crippen LogP contribution < -0.4 is 0 Å². The third kappa shape index (κ3) is 10.6. The maximum Gasteiger partial charge on any atom is 0.261 e. The zero-order valence-corrected chi connectivity index (χ0v) is 19.9. The Morgan fingerprint density at radius 2 is 1.61 bits per heavy atom. The number of imide groups is 1. The molecule has 1 aliphatic carbocycles. The van der Waals surface area contributed by atoms with E-state index in [2.05, 4.69) is 34.3 Å². The normalized spacial score (nSPS) is 18.5. The number of carbonyl (C=O) groups is 2. The van der Waals surface area contributed by atoms with Crippen LogP contribution in [0.25, 0.3) is 0 Å². The largest absolute Gasteiger partial charge is 0.512 e. The Morgan fingerprint density at radius 1 is 1.06 bits per heavy atom. The number of hydrogen-bond donors (Lipinski definition) is 3. The summed E-state index contributed by atoms with van der Waals surface area (Å²) >= 11 is 0. The molecule has 1 aliphatic heterocycles. The molecule has 31 heavy (non-hydrogen) atoms. The maximum atomic E-state index is 12.3. The van der Waals surface area contributed by atoms with Crippen LogP contribution in [0.5, 0.6) is 0 Å². The SMILES string of the molecule is C=C1C(=O)N(CCC(O)CC(O)CC(O)=C2CC2)C(=O)/C1=C/C=C\C.CCC.CCC. The highest BCUT2D eigenvalue weighted by molar-refractivity contribution is 6.24. The second-order valence-electron chi connectivity index (χ2n) is 7.85. The van der Waals surface area contributed by atoms with E-state index >= 15 is 0 Å². The van der Waals surface area contributed by atoms with Crippen LogP contribution in [0.15, 0.2) is 47.3 Å². The number of nitrogens with zero attached hydrogens (tertiary/aromatic N) is 1. The van der Waals surface area contributed by atoms with Gasteiger partial charge in [0.2, 0.25) is 0 Å². The number of likely N-dealkylation sites (tertiary alicyclic amines) is 1. The zero-order chi connectivity index (χ0) is 24.0. The first-order chi connectivity index (χ1) is 14.7. The van der Waals surface area contributed by atoms with Crippen LogP contribution in [0.3, 0.4) is 0 Å². The van der Waals surface area contributed by atoms with Crippen LogP contribution in [0.4, 0.5) is 0 Å². The fourth-order valence-corrected chi connectivity index (χ4v) is 2.72. The molecule has 6 heteroatoms. The van der Waals surface area contributed by atoms with E-state index in [1.165, 1.54) is 12.8 Å². The second kappa shape index (κ2) is 15.6. The highest BCUT2D eigenvalue weighted by atomic mass is 16.3. The van der Waals surface area contributed by atoms with Gasteiger partial charge in [0.05, 0.1) is 23.5 Å². The van der Waals surface area contributed by atoms with Crippen LogP contribution in [-0.2, 0) is 9.59 Å². The predicted molar refractivity (Wildman–Crippen MR) is 125 cm³/mol. The highest BCUT2D eigenvalue weighted by Crippen LogP contribution is 2.32. The van der Waals surface area contributed by atoms with Crippen LogP contribution >= 0.6 is 0 Å². The summed E-state index contributed by atoms with van der Waals surface area (Å²) in [6.07, 6.45) is 7.85. The first-order valence-corrected chi connectivity index (χ1v) is 11.3. The van der Waals surface area contributed by atoms with Crippen molar-refractivity contribution in [1.82, 2.24) is 4.90 Å². The zero-order valence-electron chi connectivity index (χ0n) is 19.9. The van der Waals surface area contributed by atoms with Gasteiger partial charge in [0.25, 0.3) is 11.8 Å². The van der Waals surface area contributed by atoms with Gasteiger partial charge in [0, 0.05) is 18.5 Å². The van der Waals surface area contributed by atoms with Crippen LogP contribution in [0.2, 0.25) is 0 Å². The number of carbonyl (C=O) groups excluding carboxylic acids is 2. The molecule has 1 saturated carbocycles. The molecule has 2 unspecified atom stereocenters. The van der Waals surface area contributed by atoms with Crippen molar-refractivity contribution in [3.8, 4) is 0 Å². The summed E-state index contributed by atoms with van der Waals surface area (Å²) in [5.74, 6) is -0.666. The van der Waals surface area contributed by atoms with E-state index in [-0.39, 0.29) is 42.7 Å². The van der Waals surface area contributed by atoms with Crippen molar-refractivity contribution in [1.29, 1.82) is 0 Å². The summed E-state index contributed by atoms with van der Waals surface area (Å²) in [6, 6.07) is 0. The molecule has 0 bridgehead atoms. The van der Waals surface area contributed by atoms with Gasteiger partial charge in [0.15, 0.2) is 0 Å². The van der Waals surface area contributed by atoms with E-state index in [9.17, 15) is 24.9 Å². The molecule has 3 N–H and O–H groups in total.